The predicted molar refractivity (Wildman–Crippen MR) is 80.9 cm³/mol. The third kappa shape index (κ3) is 3.10. The number of carbonyl (C=O) groups is 1. The van der Waals surface area contributed by atoms with Crippen LogP contribution < -0.4 is 5.32 Å². The van der Waals surface area contributed by atoms with Gasteiger partial charge in [-0.15, -0.1) is 0 Å². The monoisotopic (exact) mass is 272 g/mol. The summed E-state index contributed by atoms with van der Waals surface area (Å²) in [6, 6.07) is 9.20. The lowest BCUT2D eigenvalue weighted by Crippen LogP contribution is -2.41. The van der Waals surface area contributed by atoms with Gasteiger partial charge in [-0.1, -0.05) is 29.8 Å². The van der Waals surface area contributed by atoms with E-state index in [4.69, 9.17) is 0 Å². The third-order valence-corrected chi connectivity index (χ3v) is 4.68. The molecule has 1 N–H and O–H groups in total. The van der Waals surface area contributed by atoms with Gasteiger partial charge < -0.3 is 10.2 Å². The first-order chi connectivity index (χ1) is 9.63. The van der Waals surface area contributed by atoms with Gasteiger partial charge in [-0.2, -0.15) is 0 Å². The molecule has 0 saturated carbocycles. The Hall–Kier alpha value is -1.19. The number of aryl methyl sites for hydroxylation is 1. The number of rotatable bonds is 4. The molecular formula is C17H24N2O. The zero-order chi connectivity index (χ0) is 14.1. The van der Waals surface area contributed by atoms with Gasteiger partial charge >= 0.3 is 0 Å². The summed E-state index contributed by atoms with van der Waals surface area (Å²) in [5, 5.41) is 3.24. The van der Waals surface area contributed by atoms with Crippen molar-refractivity contribution >= 4 is 5.78 Å². The summed E-state index contributed by atoms with van der Waals surface area (Å²) in [5.74, 6) is 1.01. The van der Waals surface area contributed by atoms with Crippen LogP contribution in [0.4, 0.5) is 0 Å². The summed E-state index contributed by atoms with van der Waals surface area (Å²) < 4.78 is 0. The Bertz CT molecular complexity index is 478. The van der Waals surface area contributed by atoms with E-state index < -0.39 is 0 Å². The van der Waals surface area contributed by atoms with E-state index in [1.165, 1.54) is 11.1 Å². The fourth-order valence-electron chi connectivity index (χ4n) is 3.28. The van der Waals surface area contributed by atoms with Crippen molar-refractivity contribution in [1.29, 1.82) is 0 Å². The average Bonchev–Trinajstić information content (AvgIpc) is 3.24. The molecule has 0 spiro atoms. The van der Waals surface area contributed by atoms with Crippen LogP contribution in [0.3, 0.4) is 0 Å². The molecule has 2 fully saturated rings. The van der Waals surface area contributed by atoms with Crippen molar-refractivity contribution in [3.8, 4) is 0 Å². The Morgan fingerprint density at radius 1 is 1.35 bits per heavy atom. The molecule has 2 saturated heterocycles. The number of hydrogen-bond donors (Lipinski definition) is 1. The highest BCUT2D eigenvalue weighted by molar-refractivity contribution is 5.83. The lowest BCUT2D eigenvalue weighted by atomic mass is 9.77. The van der Waals surface area contributed by atoms with Gasteiger partial charge in [-0.05, 0) is 38.4 Å². The van der Waals surface area contributed by atoms with Gasteiger partial charge in [0, 0.05) is 31.5 Å². The van der Waals surface area contributed by atoms with Crippen molar-refractivity contribution < 1.29 is 4.79 Å². The molecule has 0 amide bonds. The Kier molecular flexibility index (Phi) is 3.90. The lowest BCUT2D eigenvalue weighted by Gasteiger charge is -2.36. The number of nitrogens with one attached hydrogen (secondary N) is 1. The fourth-order valence-corrected chi connectivity index (χ4v) is 3.28. The molecule has 3 rings (SSSR count). The number of ketones is 1. The van der Waals surface area contributed by atoms with Gasteiger partial charge in [-0.25, -0.2) is 0 Å². The largest absolute Gasteiger partial charge is 0.311 e. The number of likely N-dealkylation sites (tertiary alicyclic amines) is 1. The van der Waals surface area contributed by atoms with Crippen molar-refractivity contribution in [3.63, 3.8) is 0 Å². The second-order valence-electron chi connectivity index (χ2n) is 6.45. The van der Waals surface area contributed by atoms with E-state index in [-0.39, 0.29) is 5.92 Å². The minimum Gasteiger partial charge on any atom is -0.311 e. The number of nitrogens with zero attached hydrogens (tertiary/aromatic N) is 1. The number of piperidine rings is 1. The van der Waals surface area contributed by atoms with E-state index >= 15 is 0 Å². The summed E-state index contributed by atoms with van der Waals surface area (Å²) in [6.45, 7) is 5.12. The molecule has 0 aliphatic carbocycles. The maximum atomic E-state index is 12.6. The van der Waals surface area contributed by atoms with Crippen LogP contribution in [0.25, 0.3) is 0 Å². The van der Waals surface area contributed by atoms with Crippen molar-refractivity contribution in [1.82, 2.24) is 10.2 Å². The van der Waals surface area contributed by atoms with Crippen LogP contribution in [0, 0.1) is 12.8 Å². The maximum Gasteiger partial charge on any atom is 0.139 e. The van der Waals surface area contributed by atoms with Gasteiger partial charge in [0.25, 0.3) is 0 Å². The number of Topliss-reactive ketones (excluding diaryl/α,β-unsaturated/α-hetero) is 1. The normalized spacial score (nSPS) is 30.2. The highest BCUT2D eigenvalue weighted by Crippen LogP contribution is 2.34. The minimum atomic E-state index is 0.166. The van der Waals surface area contributed by atoms with E-state index in [0.717, 1.165) is 26.1 Å². The molecule has 108 valence electrons. The first kappa shape index (κ1) is 13.8. The first-order valence-electron chi connectivity index (χ1n) is 7.64. The molecule has 0 radical (unpaired) electrons. The number of benzene rings is 1. The molecule has 2 aliphatic heterocycles. The predicted octanol–water partition coefficient (Wildman–Crippen LogP) is 1.96. The van der Waals surface area contributed by atoms with E-state index in [2.05, 4.69) is 48.5 Å². The van der Waals surface area contributed by atoms with Gasteiger partial charge in [-0.3, -0.25) is 4.79 Å². The standard InChI is InChI=1S/C17H24N2O/c1-12-3-5-13(6-4-12)15-7-8-19(2)11-16(15)17(20)9-14-10-18-14/h3-6,14-16,18H,7-11H2,1-2H3/t14?,15-,16?/m0/s1. The van der Waals surface area contributed by atoms with Gasteiger partial charge in [0.15, 0.2) is 0 Å². The molecule has 20 heavy (non-hydrogen) atoms. The van der Waals surface area contributed by atoms with Crippen LogP contribution in [-0.4, -0.2) is 43.4 Å². The van der Waals surface area contributed by atoms with Crippen LogP contribution in [0.5, 0.6) is 0 Å². The molecule has 3 nitrogen and oxygen atoms in total. The molecular weight excluding hydrogens is 248 g/mol. The molecule has 1 aromatic carbocycles. The minimum absolute atomic E-state index is 0.166. The smallest absolute Gasteiger partial charge is 0.139 e. The molecule has 2 heterocycles. The van der Waals surface area contributed by atoms with Crippen molar-refractivity contribution in [2.75, 3.05) is 26.7 Å². The van der Waals surface area contributed by atoms with Crippen LogP contribution >= 0.6 is 0 Å². The molecule has 1 aromatic rings. The average molecular weight is 272 g/mol. The quantitative estimate of drug-likeness (QED) is 0.852. The zero-order valence-corrected chi connectivity index (χ0v) is 12.4. The van der Waals surface area contributed by atoms with E-state index in [9.17, 15) is 4.79 Å². The summed E-state index contributed by atoms with van der Waals surface area (Å²) in [6.07, 6.45) is 1.80. The molecule has 3 atom stereocenters. The molecule has 0 bridgehead atoms. The molecule has 3 heteroatoms. The fraction of sp³-hybridized carbons (Fsp3) is 0.588. The Morgan fingerprint density at radius 2 is 2.05 bits per heavy atom. The molecule has 0 aromatic heterocycles. The van der Waals surface area contributed by atoms with Gasteiger partial charge in [0.2, 0.25) is 0 Å². The molecule has 2 unspecified atom stereocenters. The summed E-state index contributed by atoms with van der Waals surface area (Å²) in [4.78, 5) is 14.9. The number of hydrogen-bond acceptors (Lipinski definition) is 3. The van der Waals surface area contributed by atoms with Crippen LogP contribution in [0.1, 0.15) is 29.9 Å². The van der Waals surface area contributed by atoms with Gasteiger partial charge in [0.05, 0.1) is 0 Å². The Labute approximate surface area is 121 Å². The summed E-state index contributed by atoms with van der Waals surface area (Å²) in [7, 11) is 2.13. The SMILES string of the molecule is Cc1ccc([C@@H]2CCN(C)CC2C(=O)CC2CN2)cc1. The second kappa shape index (κ2) is 5.66. The topological polar surface area (TPSA) is 42.2 Å². The molecule has 2 aliphatic rings. The third-order valence-electron chi connectivity index (χ3n) is 4.68. The number of carbonyl (C=O) groups excluding carboxylic acids is 1. The van der Waals surface area contributed by atoms with Crippen LogP contribution in [0.2, 0.25) is 0 Å². The van der Waals surface area contributed by atoms with Crippen LogP contribution in [-0.2, 0) is 4.79 Å². The Morgan fingerprint density at radius 3 is 2.70 bits per heavy atom. The summed E-state index contributed by atoms with van der Waals surface area (Å²) in [5.41, 5.74) is 2.62. The van der Waals surface area contributed by atoms with E-state index in [1.807, 2.05) is 0 Å². The van der Waals surface area contributed by atoms with E-state index in [1.54, 1.807) is 0 Å². The van der Waals surface area contributed by atoms with Crippen molar-refractivity contribution in [3.05, 3.63) is 35.4 Å². The highest BCUT2D eigenvalue weighted by atomic mass is 16.1. The lowest BCUT2D eigenvalue weighted by molar-refractivity contribution is -0.125. The zero-order valence-electron chi connectivity index (χ0n) is 12.4. The van der Waals surface area contributed by atoms with Gasteiger partial charge in [0.1, 0.15) is 5.78 Å². The van der Waals surface area contributed by atoms with Crippen molar-refractivity contribution in [2.45, 2.75) is 31.7 Å². The highest BCUT2D eigenvalue weighted by Gasteiger charge is 2.36. The van der Waals surface area contributed by atoms with Crippen molar-refractivity contribution in [2.24, 2.45) is 5.92 Å². The maximum absolute atomic E-state index is 12.6. The van der Waals surface area contributed by atoms with E-state index in [0.29, 0.717) is 24.2 Å². The summed E-state index contributed by atoms with van der Waals surface area (Å²) >= 11 is 0. The Balaban J connectivity index is 1.78. The van der Waals surface area contributed by atoms with Crippen LogP contribution in [0.15, 0.2) is 24.3 Å². The first-order valence-corrected chi connectivity index (χ1v) is 7.64. The second-order valence-corrected chi connectivity index (χ2v) is 6.45.